The van der Waals surface area contributed by atoms with Gasteiger partial charge in [0.2, 0.25) is 5.91 Å². The van der Waals surface area contributed by atoms with E-state index < -0.39 is 0 Å². The third kappa shape index (κ3) is 3.72. The fourth-order valence-corrected chi connectivity index (χ4v) is 5.40. The first-order valence-corrected chi connectivity index (χ1v) is 11.3. The van der Waals surface area contributed by atoms with Crippen LogP contribution in [-0.4, -0.2) is 75.3 Å². The van der Waals surface area contributed by atoms with E-state index in [-0.39, 0.29) is 35.3 Å². The van der Waals surface area contributed by atoms with Gasteiger partial charge in [-0.15, -0.1) is 0 Å². The highest BCUT2D eigenvalue weighted by molar-refractivity contribution is 5.92. The number of rotatable bonds is 3. The van der Waals surface area contributed by atoms with Crippen LogP contribution in [0.4, 0.5) is 0 Å². The number of nitrogens with zero attached hydrogens (tertiary/aromatic N) is 5. The van der Waals surface area contributed by atoms with Crippen molar-refractivity contribution in [2.24, 2.45) is 5.92 Å². The number of carbonyl (C=O) groups excluding carboxylic acids is 2. The standard InChI is InChI=1S/C24H29N5O3/c1-16-10-27(15-22(30)26(16)2)13-18-6-7-21-19-9-17(12-29(21)23(18)31)11-28(14-19)24(32)20-5-3-4-8-25-20/h3-8,16-17,19H,9-15H2,1-2H3/t16-,17-,19+/m0/s1. The fraction of sp³-hybridized carbons (Fsp3) is 0.500. The summed E-state index contributed by atoms with van der Waals surface area (Å²) in [4.78, 5) is 48.4. The minimum atomic E-state index is -0.0402. The molecule has 3 atom stereocenters. The summed E-state index contributed by atoms with van der Waals surface area (Å²) in [7, 11) is 1.83. The minimum Gasteiger partial charge on any atom is -0.341 e. The second-order valence-corrected chi connectivity index (χ2v) is 9.45. The Morgan fingerprint density at radius 1 is 1.09 bits per heavy atom. The van der Waals surface area contributed by atoms with Gasteiger partial charge < -0.3 is 14.4 Å². The summed E-state index contributed by atoms with van der Waals surface area (Å²) in [5, 5.41) is 0. The van der Waals surface area contributed by atoms with Crippen LogP contribution in [0.5, 0.6) is 0 Å². The molecule has 8 nitrogen and oxygen atoms in total. The number of fused-ring (bicyclic) bond motifs is 4. The summed E-state index contributed by atoms with van der Waals surface area (Å²) in [5.41, 5.74) is 2.26. The number of hydrogen-bond donors (Lipinski definition) is 0. The lowest BCUT2D eigenvalue weighted by atomic mass is 9.82. The first kappa shape index (κ1) is 20.9. The van der Waals surface area contributed by atoms with E-state index in [1.807, 2.05) is 41.6 Å². The van der Waals surface area contributed by atoms with Crippen LogP contribution in [0.2, 0.25) is 0 Å². The highest BCUT2D eigenvalue weighted by atomic mass is 16.2. The van der Waals surface area contributed by atoms with Gasteiger partial charge in [0.1, 0.15) is 5.69 Å². The number of hydrogen-bond acceptors (Lipinski definition) is 5. The Bertz CT molecular complexity index is 1100. The molecule has 2 bridgehead atoms. The lowest BCUT2D eigenvalue weighted by Gasteiger charge is -2.43. The van der Waals surface area contributed by atoms with Gasteiger partial charge in [0.15, 0.2) is 0 Å². The van der Waals surface area contributed by atoms with E-state index in [9.17, 15) is 14.4 Å². The van der Waals surface area contributed by atoms with Gasteiger partial charge in [-0.05, 0) is 37.5 Å². The average Bonchev–Trinajstić information content (AvgIpc) is 2.79. The molecule has 2 aromatic rings. The second kappa shape index (κ2) is 8.16. The first-order chi connectivity index (χ1) is 15.4. The Hall–Kier alpha value is -3.00. The third-order valence-electron chi connectivity index (χ3n) is 7.18. The fourth-order valence-electron chi connectivity index (χ4n) is 5.40. The number of amides is 2. The predicted molar refractivity (Wildman–Crippen MR) is 119 cm³/mol. The number of likely N-dealkylation sites (N-methyl/N-ethyl adjacent to an activating group) is 1. The van der Waals surface area contributed by atoms with Crippen molar-refractivity contribution in [3.8, 4) is 0 Å². The third-order valence-corrected chi connectivity index (χ3v) is 7.18. The van der Waals surface area contributed by atoms with E-state index in [2.05, 4.69) is 9.88 Å². The lowest BCUT2D eigenvalue weighted by Crippen LogP contribution is -2.53. The molecule has 2 amide bonds. The molecule has 3 aliphatic heterocycles. The first-order valence-electron chi connectivity index (χ1n) is 11.3. The van der Waals surface area contributed by atoms with Gasteiger partial charge in [0.25, 0.3) is 11.5 Å². The predicted octanol–water partition coefficient (Wildman–Crippen LogP) is 1.17. The second-order valence-electron chi connectivity index (χ2n) is 9.45. The molecule has 2 aromatic heterocycles. The number of pyridine rings is 2. The molecule has 5 rings (SSSR count). The highest BCUT2D eigenvalue weighted by Gasteiger charge is 2.37. The molecule has 0 spiro atoms. The molecule has 0 radical (unpaired) electrons. The summed E-state index contributed by atoms with van der Waals surface area (Å²) >= 11 is 0. The Morgan fingerprint density at radius 3 is 2.69 bits per heavy atom. The van der Waals surface area contributed by atoms with E-state index in [1.54, 1.807) is 23.2 Å². The van der Waals surface area contributed by atoms with Crippen LogP contribution < -0.4 is 5.56 Å². The van der Waals surface area contributed by atoms with Crippen LogP contribution in [0, 0.1) is 5.92 Å². The van der Waals surface area contributed by atoms with E-state index in [1.165, 1.54) is 0 Å². The van der Waals surface area contributed by atoms with Crippen molar-refractivity contribution in [1.29, 1.82) is 0 Å². The molecule has 8 heteroatoms. The molecular formula is C24H29N5O3. The van der Waals surface area contributed by atoms with Crippen LogP contribution in [-0.2, 0) is 17.9 Å². The summed E-state index contributed by atoms with van der Waals surface area (Å²) in [6.45, 7) is 5.51. The Morgan fingerprint density at radius 2 is 1.94 bits per heavy atom. The molecule has 3 aliphatic rings. The molecule has 0 N–H and O–H groups in total. The van der Waals surface area contributed by atoms with Crippen LogP contribution in [0.25, 0.3) is 0 Å². The van der Waals surface area contributed by atoms with Gasteiger partial charge in [0, 0.05) is 69.2 Å². The zero-order valence-electron chi connectivity index (χ0n) is 18.6. The normalized spacial score (nSPS) is 25.6. The maximum atomic E-state index is 13.3. The topological polar surface area (TPSA) is 78.8 Å². The van der Waals surface area contributed by atoms with Crippen molar-refractivity contribution in [1.82, 2.24) is 24.3 Å². The molecule has 0 unspecified atom stereocenters. The molecule has 0 aliphatic carbocycles. The van der Waals surface area contributed by atoms with Crippen molar-refractivity contribution in [3.05, 3.63) is 63.8 Å². The van der Waals surface area contributed by atoms with Crippen LogP contribution in [0.15, 0.2) is 41.3 Å². The van der Waals surface area contributed by atoms with E-state index >= 15 is 0 Å². The maximum Gasteiger partial charge on any atom is 0.272 e. The Labute approximate surface area is 187 Å². The Balaban J connectivity index is 1.35. The van der Waals surface area contributed by atoms with Crippen molar-refractivity contribution in [2.75, 3.05) is 33.2 Å². The van der Waals surface area contributed by atoms with Crippen molar-refractivity contribution >= 4 is 11.8 Å². The van der Waals surface area contributed by atoms with Gasteiger partial charge >= 0.3 is 0 Å². The van der Waals surface area contributed by atoms with Crippen molar-refractivity contribution in [3.63, 3.8) is 0 Å². The smallest absolute Gasteiger partial charge is 0.272 e. The van der Waals surface area contributed by atoms with Crippen molar-refractivity contribution in [2.45, 2.75) is 38.4 Å². The van der Waals surface area contributed by atoms with Gasteiger partial charge in [-0.25, -0.2) is 0 Å². The summed E-state index contributed by atoms with van der Waals surface area (Å²) in [5.74, 6) is 0.463. The molecule has 0 saturated carbocycles. The maximum absolute atomic E-state index is 13.3. The average molecular weight is 436 g/mol. The van der Waals surface area contributed by atoms with Gasteiger partial charge in [-0.3, -0.25) is 24.3 Å². The monoisotopic (exact) mass is 435 g/mol. The SMILES string of the molecule is C[C@H]1CN(Cc2ccc3n(c2=O)C[C@H]2C[C@@H]3CN(C(=O)c3ccccn3)C2)CC(=O)N1C. The Kier molecular flexibility index (Phi) is 5.33. The molecule has 5 heterocycles. The summed E-state index contributed by atoms with van der Waals surface area (Å²) in [6.07, 6.45) is 2.64. The number of piperazine rings is 1. The van der Waals surface area contributed by atoms with Crippen LogP contribution >= 0.6 is 0 Å². The number of carbonyl (C=O) groups is 2. The van der Waals surface area contributed by atoms with E-state index in [4.69, 9.17) is 0 Å². The van der Waals surface area contributed by atoms with Gasteiger partial charge in [-0.2, -0.15) is 0 Å². The summed E-state index contributed by atoms with van der Waals surface area (Å²) < 4.78 is 1.91. The molecular weight excluding hydrogens is 406 g/mol. The van der Waals surface area contributed by atoms with Crippen molar-refractivity contribution < 1.29 is 9.59 Å². The molecule has 2 fully saturated rings. The quantitative estimate of drug-likeness (QED) is 0.723. The van der Waals surface area contributed by atoms with Gasteiger partial charge in [-0.1, -0.05) is 12.1 Å². The number of piperidine rings is 1. The van der Waals surface area contributed by atoms with Crippen LogP contribution in [0.1, 0.15) is 41.0 Å². The van der Waals surface area contributed by atoms with Gasteiger partial charge in [0.05, 0.1) is 6.54 Å². The molecule has 168 valence electrons. The lowest BCUT2D eigenvalue weighted by molar-refractivity contribution is -0.137. The zero-order chi connectivity index (χ0) is 22.4. The molecule has 2 saturated heterocycles. The number of aromatic nitrogens is 2. The highest BCUT2D eigenvalue weighted by Crippen LogP contribution is 2.35. The molecule has 0 aromatic carbocycles. The van der Waals surface area contributed by atoms with E-state index in [0.717, 1.165) is 24.2 Å². The molecule has 32 heavy (non-hydrogen) atoms. The largest absolute Gasteiger partial charge is 0.341 e. The van der Waals surface area contributed by atoms with E-state index in [0.29, 0.717) is 38.4 Å². The minimum absolute atomic E-state index is 0.0402. The summed E-state index contributed by atoms with van der Waals surface area (Å²) in [6, 6.07) is 9.49. The number of likely N-dealkylation sites (tertiary alicyclic amines) is 1. The van der Waals surface area contributed by atoms with Crippen LogP contribution in [0.3, 0.4) is 0 Å². The zero-order valence-corrected chi connectivity index (χ0v) is 18.6.